The Morgan fingerprint density at radius 1 is 1.17 bits per heavy atom. The van der Waals surface area contributed by atoms with Crippen LogP contribution in [0.2, 0.25) is 5.02 Å². The molecule has 2 aliphatic heterocycles. The molecule has 1 unspecified atom stereocenters. The number of hydrogen-bond acceptors (Lipinski definition) is 3. The molecule has 2 aliphatic rings. The molecule has 1 fully saturated rings. The Morgan fingerprint density at radius 3 is 2.63 bits per heavy atom. The van der Waals surface area contributed by atoms with E-state index in [4.69, 9.17) is 16.7 Å². The topological polar surface area (TPSA) is 65.0 Å². The van der Waals surface area contributed by atoms with Crippen molar-refractivity contribution < 1.29 is 9.59 Å². The van der Waals surface area contributed by atoms with E-state index in [0.29, 0.717) is 23.6 Å². The van der Waals surface area contributed by atoms with Gasteiger partial charge in [-0.25, -0.2) is 9.80 Å². The van der Waals surface area contributed by atoms with Crippen LogP contribution in [0.3, 0.4) is 0 Å². The Kier molecular flexibility index (Phi) is 5.77. The highest BCUT2D eigenvalue weighted by Gasteiger charge is 2.28. The zero-order chi connectivity index (χ0) is 21.3. The highest BCUT2D eigenvalue weighted by atomic mass is 35.5. The minimum absolute atomic E-state index is 0.138. The minimum Gasteiger partial charge on any atom is -0.340 e. The molecule has 7 heteroatoms. The van der Waals surface area contributed by atoms with Crippen LogP contribution in [0, 0.1) is 0 Å². The first-order valence-corrected chi connectivity index (χ1v) is 10.6. The number of benzene rings is 2. The van der Waals surface area contributed by atoms with Crippen molar-refractivity contribution in [1.82, 2.24) is 10.3 Å². The number of nitrogens with zero attached hydrogens (tertiary/aromatic N) is 3. The van der Waals surface area contributed by atoms with Crippen LogP contribution in [0.4, 0.5) is 10.5 Å². The van der Waals surface area contributed by atoms with Crippen molar-refractivity contribution in [3.8, 4) is 0 Å². The van der Waals surface area contributed by atoms with Crippen molar-refractivity contribution in [1.29, 1.82) is 0 Å². The first-order chi connectivity index (χ1) is 14.5. The summed E-state index contributed by atoms with van der Waals surface area (Å²) >= 11 is 6.08. The highest BCUT2D eigenvalue weighted by Crippen LogP contribution is 2.29. The molecular weight excluding hydrogens is 400 g/mol. The quantitative estimate of drug-likeness (QED) is 0.785. The van der Waals surface area contributed by atoms with Crippen LogP contribution in [-0.4, -0.2) is 42.3 Å². The molecular formula is C23H25ClN4O2. The van der Waals surface area contributed by atoms with Crippen LogP contribution < -0.4 is 10.2 Å². The molecule has 1 N–H and O–H groups in total. The number of halogens is 1. The molecule has 4 rings (SSSR count). The zero-order valence-electron chi connectivity index (χ0n) is 17.2. The van der Waals surface area contributed by atoms with Gasteiger partial charge in [0.15, 0.2) is 0 Å². The van der Waals surface area contributed by atoms with E-state index in [9.17, 15) is 9.59 Å². The highest BCUT2D eigenvalue weighted by molar-refractivity contribution is 6.30. The maximum absolute atomic E-state index is 12.5. The molecule has 2 aromatic rings. The lowest BCUT2D eigenvalue weighted by Gasteiger charge is -2.28. The van der Waals surface area contributed by atoms with Gasteiger partial charge in [-0.1, -0.05) is 29.8 Å². The lowest BCUT2D eigenvalue weighted by atomic mass is 9.93. The molecule has 0 bridgehead atoms. The summed E-state index contributed by atoms with van der Waals surface area (Å²) in [5.41, 5.74) is 4.54. The van der Waals surface area contributed by atoms with Gasteiger partial charge < -0.3 is 10.2 Å². The van der Waals surface area contributed by atoms with Gasteiger partial charge in [0.2, 0.25) is 5.91 Å². The van der Waals surface area contributed by atoms with Crippen molar-refractivity contribution in [2.24, 2.45) is 5.10 Å². The Labute approximate surface area is 181 Å². The number of carbonyl (C=O) groups excluding carboxylic acids is 2. The van der Waals surface area contributed by atoms with E-state index in [2.05, 4.69) is 11.4 Å². The number of carbonyl (C=O) groups is 2. The lowest BCUT2D eigenvalue weighted by molar-refractivity contribution is -0.119. The smallest absolute Gasteiger partial charge is 0.337 e. The molecule has 0 radical (unpaired) electrons. The van der Waals surface area contributed by atoms with Crippen LogP contribution in [0.5, 0.6) is 0 Å². The SMILES string of the molecule is CNC(=O)N1N=C(c2ccc(Cl)cc2)c2ccc(N3CCCCC3=O)cc2CC1C. The van der Waals surface area contributed by atoms with Gasteiger partial charge in [-0.3, -0.25) is 4.79 Å². The molecule has 30 heavy (non-hydrogen) atoms. The summed E-state index contributed by atoms with van der Waals surface area (Å²) in [5, 5.41) is 9.55. The number of urea groups is 1. The fourth-order valence-electron chi connectivity index (χ4n) is 4.07. The number of nitrogens with one attached hydrogen (secondary N) is 1. The maximum Gasteiger partial charge on any atom is 0.337 e. The van der Waals surface area contributed by atoms with Gasteiger partial charge in [-0.15, -0.1) is 0 Å². The average molecular weight is 425 g/mol. The summed E-state index contributed by atoms with van der Waals surface area (Å²) in [6, 6.07) is 13.1. The van der Waals surface area contributed by atoms with Crippen LogP contribution in [0.1, 0.15) is 42.9 Å². The average Bonchev–Trinajstić information content (AvgIpc) is 2.89. The second-order valence-electron chi connectivity index (χ2n) is 7.75. The van der Waals surface area contributed by atoms with Crippen molar-refractivity contribution in [3.05, 3.63) is 64.2 Å². The van der Waals surface area contributed by atoms with Crippen molar-refractivity contribution in [2.75, 3.05) is 18.5 Å². The second-order valence-corrected chi connectivity index (χ2v) is 8.19. The molecule has 3 amide bonds. The number of rotatable bonds is 2. The number of fused-ring (bicyclic) bond motifs is 1. The third-order valence-corrected chi connectivity index (χ3v) is 5.91. The number of hydrogen-bond donors (Lipinski definition) is 1. The largest absolute Gasteiger partial charge is 0.340 e. The monoisotopic (exact) mass is 424 g/mol. The Bertz CT molecular complexity index is 1000. The third kappa shape index (κ3) is 3.92. The fraction of sp³-hybridized carbons (Fsp3) is 0.348. The van der Waals surface area contributed by atoms with E-state index < -0.39 is 0 Å². The molecule has 1 saturated heterocycles. The molecule has 0 aromatic heterocycles. The van der Waals surface area contributed by atoms with Crippen molar-refractivity contribution in [3.63, 3.8) is 0 Å². The van der Waals surface area contributed by atoms with Crippen molar-refractivity contribution >= 4 is 34.9 Å². The van der Waals surface area contributed by atoms with Crippen LogP contribution in [-0.2, 0) is 11.2 Å². The van der Waals surface area contributed by atoms with Crippen LogP contribution >= 0.6 is 11.6 Å². The van der Waals surface area contributed by atoms with E-state index >= 15 is 0 Å². The van der Waals surface area contributed by atoms with E-state index in [0.717, 1.165) is 41.8 Å². The summed E-state index contributed by atoms with van der Waals surface area (Å²) in [6.07, 6.45) is 3.20. The molecule has 1 atom stereocenters. The molecule has 6 nitrogen and oxygen atoms in total. The second kappa shape index (κ2) is 8.48. The molecule has 156 valence electrons. The van der Waals surface area contributed by atoms with E-state index in [1.165, 1.54) is 5.01 Å². The Hall–Kier alpha value is -2.86. The number of anilines is 1. The first kappa shape index (κ1) is 20.4. The third-order valence-electron chi connectivity index (χ3n) is 5.66. The predicted octanol–water partition coefficient (Wildman–Crippen LogP) is 4.20. The van der Waals surface area contributed by atoms with Gasteiger partial charge in [0.05, 0.1) is 11.8 Å². The van der Waals surface area contributed by atoms with Crippen LogP contribution in [0.25, 0.3) is 0 Å². The Balaban J connectivity index is 1.81. The lowest BCUT2D eigenvalue weighted by Crippen LogP contribution is -2.41. The standard InChI is InChI=1S/C23H25ClN4O2/c1-15-13-17-14-19(27-12-4-3-5-21(27)29)10-11-20(17)22(26-28(15)23(30)25-2)16-6-8-18(24)9-7-16/h6-11,14-15H,3-5,12-13H2,1-2H3,(H,25,30). The Morgan fingerprint density at radius 2 is 1.93 bits per heavy atom. The van der Waals surface area contributed by atoms with Gasteiger partial charge in [-0.05, 0) is 56.0 Å². The summed E-state index contributed by atoms with van der Waals surface area (Å²) in [4.78, 5) is 26.8. The fourth-order valence-corrected chi connectivity index (χ4v) is 4.20. The minimum atomic E-state index is -0.256. The number of piperidine rings is 1. The van der Waals surface area contributed by atoms with Gasteiger partial charge in [-0.2, -0.15) is 5.10 Å². The summed E-state index contributed by atoms with van der Waals surface area (Å²) < 4.78 is 0. The first-order valence-electron chi connectivity index (χ1n) is 10.3. The van der Waals surface area contributed by atoms with Crippen molar-refractivity contribution in [2.45, 2.75) is 38.6 Å². The van der Waals surface area contributed by atoms with Gasteiger partial charge in [0.1, 0.15) is 0 Å². The maximum atomic E-state index is 12.5. The molecule has 2 heterocycles. The summed E-state index contributed by atoms with van der Waals surface area (Å²) in [5.74, 6) is 0.168. The number of amides is 3. The predicted molar refractivity (Wildman–Crippen MR) is 119 cm³/mol. The molecule has 0 aliphatic carbocycles. The van der Waals surface area contributed by atoms with E-state index in [1.54, 1.807) is 7.05 Å². The van der Waals surface area contributed by atoms with E-state index in [1.807, 2.05) is 48.2 Å². The zero-order valence-corrected chi connectivity index (χ0v) is 17.9. The summed E-state index contributed by atoms with van der Waals surface area (Å²) in [7, 11) is 1.60. The summed E-state index contributed by atoms with van der Waals surface area (Å²) in [6.45, 7) is 2.72. The van der Waals surface area contributed by atoms with Gasteiger partial charge >= 0.3 is 6.03 Å². The van der Waals surface area contributed by atoms with E-state index in [-0.39, 0.29) is 18.0 Å². The molecule has 0 saturated carbocycles. The normalized spacial score (nSPS) is 19.1. The molecule has 0 spiro atoms. The van der Waals surface area contributed by atoms with Gasteiger partial charge in [0.25, 0.3) is 0 Å². The van der Waals surface area contributed by atoms with Gasteiger partial charge in [0, 0.05) is 41.9 Å². The van der Waals surface area contributed by atoms with Crippen LogP contribution in [0.15, 0.2) is 47.6 Å². The molecule has 2 aromatic carbocycles. The number of hydrazone groups is 1.